The number of hydrogen-bond acceptors (Lipinski definition) is 1. The Hall–Kier alpha value is -1.95. The summed E-state index contributed by atoms with van der Waals surface area (Å²) >= 11 is 0. The quantitative estimate of drug-likeness (QED) is 0.749. The van der Waals surface area contributed by atoms with Crippen LogP contribution in [0.2, 0.25) is 0 Å². The van der Waals surface area contributed by atoms with Gasteiger partial charge in [0.05, 0.1) is 12.5 Å². The Kier molecular flexibility index (Phi) is 2.82. The van der Waals surface area contributed by atoms with Crippen LogP contribution in [0.15, 0.2) is 36.4 Å². The largest absolute Gasteiger partial charge is 0.264 e. The molecule has 3 heteroatoms. The van der Waals surface area contributed by atoms with Crippen LogP contribution in [-0.2, 0) is 6.42 Å². The molecule has 0 saturated carbocycles. The Bertz CT molecular complexity index is 555. The van der Waals surface area contributed by atoms with Crippen molar-refractivity contribution in [2.24, 2.45) is 0 Å². The van der Waals surface area contributed by atoms with Gasteiger partial charge in [0.25, 0.3) is 6.43 Å². The summed E-state index contributed by atoms with van der Waals surface area (Å²) in [4.78, 5) is 0. The molecule has 1 nitrogen and oxygen atoms in total. The van der Waals surface area contributed by atoms with Crippen molar-refractivity contribution in [3.63, 3.8) is 0 Å². The summed E-state index contributed by atoms with van der Waals surface area (Å²) in [7, 11) is 0. The third kappa shape index (κ3) is 1.87. The minimum atomic E-state index is -2.51. The van der Waals surface area contributed by atoms with Crippen molar-refractivity contribution in [2.75, 3.05) is 0 Å². The van der Waals surface area contributed by atoms with Crippen molar-refractivity contribution in [3.8, 4) is 6.07 Å². The van der Waals surface area contributed by atoms with E-state index in [0.29, 0.717) is 10.9 Å². The SMILES string of the molecule is N#CCc1cc(C(F)F)c2ccccc2c1. The third-order valence-electron chi connectivity index (χ3n) is 2.47. The molecule has 0 saturated heterocycles. The fourth-order valence-electron chi connectivity index (χ4n) is 1.78. The molecule has 0 aliphatic rings. The van der Waals surface area contributed by atoms with E-state index < -0.39 is 6.43 Å². The number of fused-ring (bicyclic) bond motifs is 1. The summed E-state index contributed by atoms with van der Waals surface area (Å²) in [6.45, 7) is 0. The Morgan fingerprint density at radius 1 is 1.19 bits per heavy atom. The zero-order chi connectivity index (χ0) is 11.5. The molecule has 2 rings (SSSR count). The molecule has 0 spiro atoms. The fourth-order valence-corrected chi connectivity index (χ4v) is 1.78. The molecule has 0 heterocycles. The van der Waals surface area contributed by atoms with Crippen molar-refractivity contribution >= 4 is 10.8 Å². The number of rotatable bonds is 2. The van der Waals surface area contributed by atoms with Crippen molar-refractivity contribution in [3.05, 3.63) is 47.5 Å². The van der Waals surface area contributed by atoms with Crippen molar-refractivity contribution < 1.29 is 8.78 Å². The van der Waals surface area contributed by atoms with Gasteiger partial charge in [0.15, 0.2) is 0 Å². The van der Waals surface area contributed by atoms with E-state index in [2.05, 4.69) is 0 Å². The second kappa shape index (κ2) is 4.28. The van der Waals surface area contributed by atoms with Gasteiger partial charge in [-0.1, -0.05) is 30.3 Å². The predicted molar refractivity (Wildman–Crippen MR) is 58.2 cm³/mol. The number of nitrogens with zero attached hydrogens (tertiary/aromatic N) is 1. The average Bonchev–Trinajstić information content (AvgIpc) is 2.28. The standard InChI is InChI=1S/C13H9F2N/c14-13(15)12-8-9(5-6-16)7-10-3-1-2-4-11(10)12/h1-4,7-8,13H,5H2. The Morgan fingerprint density at radius 3 is 2.62 bits per heavy atom. The summed E-state index contributed by atoms with van der Waals surface area (Å²) in [6, 6.07) is 12.2. The van der Waals surface area contributed by atoms with Crippen LogP contribution in [0.3, 0.4) is 0 Å². The van der Waals surface area contributed by atoms with Gasteiger partial charge in [0, 0.05) is 5.56 Å². The van der Waals surface area contributed by atoms with E-state index in [1.165, 1.54) is 6.07 Å². The maximum Gasteiger partial charge on any atom is 0.264 e. The molecule has 0 N–H and O–H groups in total. The molecule has 0 unspecified atom stereocenters. The summed E-state index contributed by atoms with van der Waals surface area (Å²) in [6.07, 6.45) is -2.35. The zero-order valence-electron chi connectivity index (χ0n) is 8.45. The zero-order valence-corrected chi connectivity index (χ0v) is 8.45. The molecule has 2 aromatic carbocycles. The maximum absolute atomic E-state index is 12.8. The van der Waals surface area contributed by atoms with Crippen molar-refractivity contribution in [1.82, 2.24) is 0 Å². The molecule has 0 aliphatic heterocycles. The van der Waals surface area contributed by atoms with Gasteiger partial charge in [-0.15, -0.1) is 0 Å². The van der Waals surface area contributed by atoms with Gasteiger partial charge in [-0.25, -0.2) is 8.78 Å². The van der Waals surface area contributed by atoms with Crippen LogP contribution in [0.1, 0.15) is 17.6 Å². The third-order valence-corrected chi connectivity index (χ3v) is 2.47. The van der Waals surface area contributed by atoms with Crippen LogP contribution < -0.4 is 0 Å². The minimum absolute atomic E-state index is 0.00310. The summed E-state index contributed by atoms with van der Waals surface area (Å²) in [5, 5.41) is 9.89. The smallest absolute Gasteiger partial charge is 0.205 e. The molecule has 2 aromatic rings. The molecule has 16 heavy (non-hydrogen) atoms. The molecule has 80 valence electrons. The number of halogens is 2. The average molecular weight is 217 g/mol. The van der Waals surface area contributed by atoms with Gasteiger partial charge in [0.2, 0.25) is 0 Å². The van der Waals surface area contributed by atoms with Crippen LogP contribution in [-0.4, -0.2) is 0 Å². The second-order valence-electron chi connectivity index (χ2n) is 3.54. The molecule has 0 atom stereocenters. The van der Waals surface area contributed by atoms with E-state index in [0.717, 1.165) is 5.39 Å². The molecule has 0 bridgehead atoms. The number of hydrogen-bond donors (Lipinski definition) is 0. The lowest BCUT2D eigenvalue weighted by Crippen LogP contribution is -1.91. The lowest BCUT2D eigenvalue weighted by Gasteiger charge is -2.07. The summed E-state index contributed by atoms with van der Waals surface area (Å²) in [5.41, 5.74) is 0.639. The highest BCUT2D eigenvalue weighted by Crippen LogP contribution is 2.29. The highest BCUT2D eigenvalue weighted by molar-refractivity contribution is 5.86. The Morgan fingerprint density at radius 2 is 1.94 bits per heavy atom. The van der Waals surface area contributed by atoms with Crippen LogP contribution in [0.5, 0.6) is 0 Å². The Balaban J connectivity index is 2.69. The maximum atomic E-state index is 12.8. The summed E-state index contributed by atoms with van der Waals surface area (Å²) in [5.74, 6) is 0. The van der Waals surface area contributed by atoms with E-state index in [-0.39, 0.29) is 12.0 Å². The van der Waals surface area contributed by atoms with Crippen molar-refractivity contribution in [2.45, 2.75) is 12.8 Å². The van der Waals surface area contributed by atoms with Gasteiger partial charge in [0.1, 0.15) is 0 Å². The van der Waals surface area contributed by atoms with Crippen LogP contribution in [0, 0.1) is 11.3 Å². The molecular formula is C13H9F2N. The lowest BCUT2D eigenvalue weighted by atomic mass is 10.00. The number of nitriles is 1. The van der Waals surface area contributed by atoms with Crippen LogP contribution in [0.4, 0.5) is 8.78 Å². The Labute approximate surface area is 91.9 Å². The fraction of sp³-hybridized carbons (Fsp3) is 0.154. The molecule has 0 aromatic heterocycles. The first-order valence-electron chi connectivity index (χ1n) is 4.89. The lowest BCUT2D eigenvalue weighted by molar-refractivity contribution is 0.153. The topological polar surface area (TPSA) is 23.8 Å². The van der Waals surface area contributed by atoms with E-state index in [1.807, 2.05) is 6.07 Å². The van der Waals surface area contributed by atoms with Crippen LogP contribution >= 0.6 is 0 Å². The minimum Gasteiger partial charge on any atom is -0.205 e. The molecule has 0 radical (unpaired) electrons. The van der Waals surface area contributed by atoms with Gasteiger partial charge < -0.3 is 0 Å². The van der Waals surface area contributed by atoms with Crippen molar-refractivity contribution in [1.29, 1.82) is 5.26 Å². The van der Waals surface area contributed by atoms with Gasteiger partial charge in [-0.05, 0) is 22.4 Å². The molecular weight excluding hydrogens is 208 g/mol. The monoisotopic (exact) mass is 217 g/mol. The first kappa shape index (κ1) is 10.6. The van der Waals surface area contributed by atoms with E-state index in [1.54, 1.807) is 30.3 Å². The first-order valence-corrected chi connectivity index (χ1v) is 4.89. The van der Waals surface area contributed by atoms with Gasteiger partial charge in [-0.2, -0.15) is 5.26 Å². The first-order chi connectivity index (χ1) is 7.72. The predicted octanol–water partition coefficient (Wildman–Crippen LogP) is 3.84. The normalized spacial score (nSPS) is 10.6. The van der Waals surface area contributed by atoms with E-state index in [9.17, 15) is 8.78 Å². The van der Waals surface area contributed by atoms with Gasteiger partial charge >= 0.3 is 0 Å². The van der Waals surface area contributed by atoms with E-state index in [4.69, 9.17) is 5.26 Å². The molecule has 0 aliphatic carbocycles. The summed E-state index contributed by atoms with van der Waals surface area (Å²) < 4.78 is 25.7. The highest BCUT2D eigenvalue weighted by atomic mass is 19.3. The molecule has 0 fully saturated rings. The number of benzene rings is 2. The second-order valence-corrected chi connectivity index (χ2v) is 3.54. The van der Waals surface area contributed by atoms with Gasteiger partial charge in [-0.3, -0.25) is 0 Å². The highest BCUT2D eigenvalue weighted by Gasteiger charge is 2.12. The van der Waals surface area contributed by atoms with E-state index >= 15 is 0 Å². The van der Waals surface area contributed by atoms with Crippen LogP contribution in [0.25, 0.3) is 10.8 Å². The molecule has 0 amide bonds. The number of alkyl halides is 2.